The van der Waals surface area contributed by atoms with Gasteiger partial charge < -0.3 is 5.73 Å². The first-order valence-electron chi connectivity index (χ1n) is 6.20. The Hall–Kier alpha value is -1.89. The topological polar surface area (TPSA) is 78.0 Å². The van der Waals surface area contributed by atoms with Gasteiger partial charge in [-0.2, -0.15) is 5.10 Å². The number of nitrogens with zero attached hydrogens (tertiary/aromatic N) is 2. The van der Waals surface area contributed by atoms with Crippen LogP contribution in [0, 0.1) is 5.82 Å². The van der Waals surface area contributed by atoms with Gasteiger partial charge in [0.1, 0.15) is 11.5 Å². The summed E-state index contributed by atoms with van der Waals surface area (Å²) in [7, 11) is -3.04. The van der Waals surface area contributed by atoms with Gasteiger partial charge in [-0.05, 0) is 24.3 Å². The van der Waals surface area contributed by atoms with Gasteiger partial charge in [0.05, 0.1) is 18.0 Å². The molecule has 1 aromatic heterocycles. The predicted molar refractivity (Wildman–Crippen MR) is 76.4 cm³/mol. The fourth-order valence-corrected chi connectivity index (χ4v) is 2.51. The molecule has 0 fully saturated rings. The summed E-state index contributed by atoms with van der Waals surface area (Å²) in [5.74, 6) is -0.206. The lowest BCUT2D eigenvalue weighted by Crippen LogP contribution is -2.14. The van der Waals surface area contributed by atoms with Gasteiger partial charge in [0.25, 0.3) is 0 Å². The number of halogens is 1. The molecule has 0 spiro atoms. The van der Waals surface area contributed by atoms with Crippen molar-refractivity contribution in [3.63, 3.8) is 0 Å². The normalized spacial score (nSPS) is 11.7. The third kappa shape index (κ3) is 3.36. The van der Waals surface area contributed by atoms with Crippen molar-refractivity contribution in [3.8, 4) is 11.3 Å². The molecule has 0 atom stereocenters. The standard InChI is InChI=1S/C13H16FN3O2S/c1-2-20(18,19)8-7-17-9-12(15)13(16-17)10-3-5-11(14)6-4-10/h3-6,9H,2,7-8,15H2,1H3. The maximum absolute atomic E-state index is 12.9. The number of hydrogen-bond donors (Lipinski definition) is 1. The van der Waals surface area contributed by atoms with Crippen LogP contribution in [0.5, 0.6) is 0 Å². The van der Waals surface area contributed by atoms with Crippen LogP contribution in [0.25, 0.3) is 11.3 Å². The minimum absolute atomic E-state index is 0.0213. The molecule has 0 radical (unpaired) electrons. The lowest BCUT2D eigenvalue weighted by atomic mass is 10.1. The fraction of sp³-hybridized carbons (Fsp3) is 0.308. The van der Waals surface area contributed by atoms with Gasteiger partial charge in [0.15, 0.2) is 9.84 Å². The molecule has 108 valence electrons. The summed E-state index contributed by atoms with van der Waals surface area (Å²) >= 11 is 0. The highest BCUT2D eigenvalue weighted by Crippen LogP contribution is 2.24. The van der Waals surface area contributed by atoms with Gasteiger partial charge in [-0.25, -0.2) is 12.8 Å². The van der Waals surface area contributed by atoms with Gasteiger partial charge in [-0.1, -0.05) is 6.92 Å². The minimum atomic E-state index is -3.04. The number of nitrogen functional groups attached to an aromatic ring is 1. The van der Waals surface area contributed by atoms with Crippen LogP contribution in [0.3, 0.4) is 0 Å². The molecule has 7 heteroatoms. The van der Waals surface area contributed by atoms with Crippen LogP contribution >= 0.6 is 0 Å². The van der Waals surface area contributed by atoms with E-state index in [-0.39, 0.29) is 23.9 Å². The summed E-state index contributed by atoms with van der Waals surface area (Å²) in [6.07, 6.45) is 1.59. The second kappa shape index (κ2) is 5.62. The highest BCUT2D eigenvalue weighted by atomic mass is 32.2. The number of aromatic nitrogens is 2. The molecule has 2 rings (SSSR count). The number of nitrogens with two attached hydrogens (primary N) is 1. The van der Waals surface area contributed by atoms with Crippen LogP contribution in [-0.4, -0.2) is 29.7 Å². The molecule has 5 nitrogen and oxygen atoms in total. The van der Waals surface area contributed by atoms with E-state index >= 15 is 0 Å². The average Bonchev–Trinajstić information content (AvgIpc) is 2.79. The molecule has 0 aliphatic rings. The van der Waals surface area contributed by atoms with Gasteiger partial charge in [-0.15, -0.1) is 0 Å². The van der Waals surface area contributed by atoms with Crippen LogP contribution in [0.2, 0.25) is 0 Å². The highest BCUT2D eigenvalue weighted by Gasteiger charge is 2.11. The van der Waals surface area contributed by atoms with E-state index in [2.05, 4.69) is 5.10 Å². The van der Waals surface area contributed by atoms with E-state index in [0.29, 0.717) is 16.9 Å². The van der Waals surface area contributed by atoms with Crippen LogP contribution in [-0.2, 0) is 16.4 Å². The summed E-state index contributed by atoms with van der Waals surface area (Å²) in [6, 6.07) is 5.83. The zero-order valence-electron chi connectivity index (χ0n) is 11.1. The number of rotatable bonds is 5. The number of benzene rings is 1. The second-order valence-electron chi connectivity index (χ2n) is 4.44. The Labute approximate surface area is 117 Å². The third-order valence-corrected chi connectivity index (χ3v) is 4.66. The van der Waals surface area contributed by atoms with E-state index < -0.39 is 9.84 Å². The molecule has 2 N–H and O–H groups in total. The van der Waals surface area contributed by atoms with Crippen molar-refractivity contribution in [1.29, 1.82) is 0 Å². The van der Waals surface area contributed by atoms with Crippen molar-refractivity contribution in [1.82, 2.24) is 9.78 Å². The van der Waals surface area contributed by atoms with E-state index in [1.165, 1.54) is 16.8 Å². The van der Waals surface area contributed by atoms with E-state index in [0.717, 1.165) is 0 Å². The molecule has 0 bridgehead atoms. The van der Waals surface area contributed by atoms with E-state index in [4.69, 9.17) is 5.73 Å². The summed E-state index contributed by atoms with van der Waals surface area (Å²) < 4.78 is 37.3. The summed E-state index contributed by atoms with van der Waals surface area (Å²) in [6.45, 7) is 1.86. The quantitative estimate of drug-likeness (QED) is 0.911. The SMILES string of the molecule is CCS(=O)(=O)CCn1cc(N)c(-c2ccc(F)cc2)n1. The molecule has 0 amide bonds. The largest absolute Gasteiger partial charge is 0.396 e. The van der Waals surface area contributed by atoms with Gasteiger partial charge >= 0.3 is 0 Å². The molecule has 2 aromatic rings. The molecule has 0 saturated heterocycles. The molecule has 0 aliphatic heterocycles. The Morgan fingerprint density at radius 3 is 2.55 bits per heavy atom. The predicted octanol–water partition coefficient (Wildman–Crippen LogP) is 1.71. The highest BCUT2D eigenvalue weighted by molar-refractivity contribution is 7.91. The summed E-state index contributed by atoms with van der Waals surface area (Å²) in [5.41, 5.74) is 7.51. The van der Waals surface area contributed by atoms with Crippen molar-refractivity contribution >= 4 is 15.5 Å². The lowest BCUT2D eigenvalue weighted by Gasteiger charge is -2.01. The van der Waals surface area contributed by atoms with Crippen molar-refractivity contribution in [2.24, 2.45) is 0 Å². The smallest absolute Gasteiger partial charge is 0.151 e. The van der Waals surface area contributed by atoms with E-state index in [1.807, 2.05) is 0 Å². The number of anilines is 1. The molecule has 0 aliphatic carbocycles. The summed E-state index contributed by atoms with van der Waals surface area (Å²) in [5, 5.41) is 4.25. The Morgan fingerprint density at radius 1 is 1.30 bits per heavy atom. The van der Waals surface area contributed by atoms with Crippen LogP contribution in [0.15, 0.2) is 30.5 Å². The zero-order chi connectivity index (χ0) is 14.8. The number of aryl methyl sites for hydroxylation is 1. The Morgan fingerprint density at radius 2 is 1.95 bits per heavy atom. The zero-order valence-corrected chi connectivity index (χ0v) is 11.9. The van der Waals surface area contributed by atoms with E-state index in [9.17, 15) is 12.8 Å². The number of hydrogen-bond acceptors (Lipinski definition) is 4. The monoisotopic (exact) mass is 297 g/mol. The second-order valence-corrected chi connectivity index (χ2v) is 6.91. The van der Waals surface area contributed by atoms with Crippen LogP contribution < -0.4 is 5.73 Å². The van der Waals surface area contributed by atoms with Crippen molar-refractivity contribution in [2.45, 2.75) is 13.5 Å². The Bertz CT molecular complexity index is 693. The van der Waals surface area contributed by atoms with Crippen molar-refractivity contribution < 1.29 is 12.8 Å². The first-order chi connectivity index (χ1) is 9.41. The fourth-order valence-electron chi connectivity index (χ4n) is 1.76. The molecule has 0 unspecified atom stereocenters. The first kappa shape index (κ1) is 14.5. The molecule has 1 heterocycles. The van der Waals surface area contributed by atoms with Crippen LogP contribution in [0.1, 0.15) is 6.92 Å². The minimum Gasteiger partial charge on any atom is -0.396 e. The Balaban J connectivity index is 2.19. The molecular formula is C13H16FN3O2S. The van der Waals surface area contributed by atoms with E-state index in [1.54, 1.807) is 25.3 Å². The molecular weight excluding hydrogens is 281 g/mol. The van der Waals surface area contributed by atoms with Crippen LogP contribution in [0.4, 0.5) is 10.1 Å². The maximum atomic E-state index is 12.9. The molecule has 1 aromatic carbocycles. The van der Waals surface area contributed by atoms with Crippen molar-refractivity contribution in [2.75, 3.05) is 17.2 Å². The van der Waals surface area contributed by atoms with Gasteiger partial charge in [0.2, 0.25) is 0 Å². The number of sulfone groups is 1. The van der Waals surface area contributed by atoms with Crippen molar-refractivity contribution in [3.05, 3.63) is 36.3 Å². The van der Waals surface area contributed by atoms with Gasteiger partial charge in [-0.3, -0.25) is 4.68 Å². The molecule has 20 heavy (non-hydrogen) atoms. The lowest BCUT2D eigenvalue weighted by molar-refractivity contribution is 0.582. The third-order valence-electron chi connectivity index (χ3n) is 2.98. The Kier molecular flexibility index (Phi) is 4.08. The molecule has 0 saturated carbocycles. The summed E-state index contributed by atoms with van der Waals surface area (Å²) in [4.78, 5) is 0. The van der Waals surface area contributed by atoms with Gasteiger partial charge in [0, 0.05) is 17.5 Å². The average molecular weight is 297 g/mol. The first-order valence-corrected chi connectivity index (χ1v) is 8.02. The maximum Gasteiger partial charge on any atom is 0.151 e.